The Morgan fingerprint density at radius 1 is 1.03 bits per heavy atom. The minimum Gasteiger partial charge on any atom is -0.469 e. The van der Waals surface area contributed by atoms with Crippen molar-refractivity contribution in [1.82, 2.24) is 19.4 Å². The highest BCUT2D eigenvalue weighted by molar-refractivity contribution is 5.97. The predicted molar refractivity (Wildman–Crippen MR) is 141 cm³/mol. The van der Waals surface area contributed by atoms with E-state index < -0.39 is 0 Å². The van der Waals surface area contributed by atoms with Gasteiger partial charge in [0.1, 0.15) is 5.82 Å². The molecule has 0 saturated carbocycles. The van der Waals surface area contributed by atoms with Crippen molar-refractivity contribution in [3.63, 3.8) is 0 Å². The molecule has 0 spiro atoms. The van der Waals surface area contributed by atoms with Crippen LogP contribution in [0.25, 0.3) is 11.0 Å². The Morgan fingerprint density at radius 2 is 1.71 bits per heavy atom. The Morgan fingerprint density at radius 3 is 2.34 bits per heavy atom. The quantitative estimate of drug-likeness (QED) is 0.406. The molecule has 1 aromatic heterocycles. The molecule has 7 nitrogen and oxygen atoms in total. The number of nitrogens with zero attached hydrogens (tertiary/aromatic N) is 4. The van der Waals surface area contributed by atoms with Crippen LogP contribution >= 0.6 is 0 Å². The number of esters is 1. The lowest BCUT2D eigenvalue weighted by Crippen LogP contribution is -2.37. The summed E-state index contributed by atoms with van der Waals surface area (Å²) in [6, 6.07) is 5.85. The summed E-state index contributed by atoms with van der Waals surface area (Å²) in [7, 11) is 1.42. The molecule has 0 bridgehead atoms. The largest absolute Gasteiger partial charge is 0.469 e. The minimum absolute atomic E-state index is 0.0754. The molecule has 194 valence electrons. The molecule has 1 amide bonds. The maximum absolute atomic E-state index is 13.5. The molecule has 35 heavy (non-hydrogen) atoms. The average molecular weight is 485 g/mol. The highest BCUT2D eigenvalue weighted by Gasteiger charge is 2.21. The standard InChI is InChI=1S/C28H44N4O3/c1-21(2)19-31(20-22(3)4)28(34)23-10-11-24-25(18-23)32(26(29-24)12-13-27(33)35-5)17-9-16-30-14-7-6-8-15-30/h10-11,18,21-22H,6-9,12-17,19-20H2,1-5H3. The summed E-state index contributed by atoms with van der Waals surface area (Å²) in [6.45, 7) is 14.3. The van der Waals surface area contributed by atoms with E-state index in [1.807, 2.05) is 23.1 Å². The van der Waals surface area contributed by atoms with Gasteiger partial charge < -0.3 is 19.1 Å². The molecule has 1 fully saturated rings. The van der Waals surface area contributed by atoms with Crippen LogP contribution in [0.15, 0.2) is 18.2 Å². The van der Waals surface area contributed by atoms with Crippen molar-refractivity contribution in [1.29, 1.82) is 0 Å². The number of aromatic nitrogens is 2. The molecular formula is C28H44N4O3. The molecule has 1 aliphatic heterocycles. The van der Waals surface area contributed by atoms with Crippen LogP contribution in [-0.2, 0) is 22.5 Å². The smallest absolute Gasteiger partial charge is 0.305 e. The van der Waals surface area contributed by atoms with Gasteiger partial charge >= 0.3 is 5.97 Å². The van der Waals surface area contributed by atoms with Crippen molar-refractivity contribution in [3.05, 3.63) is 29.6 Å². The zero-order valence-corrected chi connectivity index (χ0v) is 22.4. The third-order valence-electron chi connectivity index (χ3n) is 6.62. The van der Waals surface area contributed by atoms with E-state index in [0.717, 1.165) is 49.5 Å². The fourth-order valence-electron chi connectivity index (χ4n) is 5.00. The first kappa shape index (κ1) is 27.2. The maximum Gasteiger partial charge on any atom is 0.305 e. The van der Waals surface area contributed by atoms with Gasteiger partial charge in [-0.05, 0) is 68.9 Å². The van der Waals surface area contributed by atoms with Crippen LogP contribution in [0.5, 0.6) is 0 Å². The van der Waals surface area contributed by atoms with Gasteiger partial charge in [0.25, 0.3) is 5.91 Å². The minimum atomic E-state index is -0.231. The number of hydrogen-bond donors (Lipinski definition) is 0. The van der Waals surface area contributed by atoms with E-state index in [2.05, 4.69) is 37.2 Å². The van der Waals surface area contributed by atoms with Gasteiger partial charge in [-0.15, -0.1) is 0 Å². The van der Waals surface area contributed by atoms with Crippen molar-refractivity contribution in [3.8, 4) is 0 Å². The van der Waals surface area contributed by atoms with Crippen LogP contribution in [0.3, 0.4) is 0 Å². The molecule has 0 radical (unpaired) electrons. The number of methoxy groups -OCH3 is 1. The van der Waals surface area contributed by atoms with Crippen molar-refractivity contribution >= 4 is 22.9 Å². The lowest BCUT2D eigenvalue weighted by molar-refractivity contribution is -0.140. The molecule has 2 heterocycles. The molecule has 1 aliphatic rings. The third kappa shape index (κ3) is 7.79. The number of carbonyl (C=O) groups is 2. The zero-order valence-electron chi connectivity index (χ0n) is 22.4. The number of piperidine rings is 1. The van der Waals surface area contributed by atoms with Crippen LogP contribution in [0.1, 0.15) is 76.0 Å². The first-order valence-electron chi connectivity index (χ1n) is 13.4. The maximum atomic E-state index is 13.5. The molecule has 1 aromatic carbocycles. The molecule has 0 N–H and O–H groups in total. The van der Waals surface area contributed by atoms with Crippen LogP contribution in [0.2, 0.25) is 0 Å². The molecule has 0 unspecified atom stereocenters. The fraction of sp³-hybridized carbons (Fsp3) is 0.679. The molecule has 1 saturated heterocycles. The van der Waals surface area contributed by atoms with E-state index in [1.54, 1.807) is 0 Å². The predicted octanol–water partition coefficient (Wildman–Crippen LogP) is 4.77. The Labute approximate surface area is 210 Å². The van der Waals surface area contributed by atoms with Crippen molar-refractivity contribution < 1.29 is 14.3 Å². The third-order valence-corrected chi connectivity index (χ3v) is 6.62. The van der Waals surface area contributed by atoms with Gasteiger partial charge in [-0.1, -0.05) is 34.1 Å². The number of rotatable bonds is 12. The Balaban J connectivity index is 1.86. The fourth-order valence-corrected chi connectivity index (χ4v) is 5.00. The monoisotopic (exact) mass is 484 g/mol. The highest BCUT2D eigenvalue weighted by atomic mass is 16.5. The van der Waals surface area contributed by atoms with Gasteiger partial charge in [0, 0.05) is 31.6 Å². The van der Waals surface area contributed by atoms with E-state index in [0.29, 0.717) is 30.2 Å². The number of carbonyl (C=O) groups excluding carboxylic acids is 2. The number of likely N-dealkylation sites (tertiary alicyclic amines) is 1. The molecular weight excluding hydrogens is 440 g/mol. The van der Waals surface area contributed by atoms with E-state index in [9.17, 15) is 9.59 Å². The molecule has 0 atom stereocenters. The number of benzene rings is 1. The summed E-state index contributed by atoms with van der Waals surface area (Å²) in [5.41, 5.74) is 2.55. The van der Waals surface area contributed by atoms with E-state index in [1.165, 1.54) is 39.5 Å². The number of fused-ring (bicyclic) bond motifs is 1. The highest BCUT2D eigenvalue weighted by Crippen LogP contribution is 2.22. The SMILES string of the molecule is COC(=O)CCc1nc2ccc(C(=O)N(CC(C)C)CC(C)C)cc2n1CCCN1CCCCC1. The average Bonchev–Trinajstić information content (AvgIpc) is 3.18. The van der Waals surface area contributed by atoms with Crippen LogP contribution < -0.4 is 0 Å². The van der Waals surface area contributed by atoms with Crippen molar-refractivity contribution in [2.75, 3.05) is 39.8 Å². The van der Waals surface area contributed by atoms with Gasteiger partial charge in [0.05, 0.1) is 24.6 Å². The van der Waals surface area contributed by atoms with E-state index in [4.69, 9.17) is 9.72 Å². The second-order valence-electron chi connectivity index (χ2n) is 10.7. The molecule has 2 aromatic rings. The molecule has 0 aliphatic carbocycles. The Kier molecular flexibility index (Phi) is 10.1. The Hall–Kier alpha value is -2.41. The summed E-state index contributed by atoms with van der Waals surface area (Å²) < 4.78 is 7.07. The molecule has 7 heteroatoms. The van der Waals surface area contributed by atoms with Crippen LogP contribution in [-0.4, -0.2) is 71.1 Å². The van der Waals surface area contributed by atoms with Crippen LogP contribution in [0.4, 0.5) is 0 Å². The van der Waals surface area contributed by atoms with Gasteiger partial charge in [0.2, 0.25) is 0 Å². The second-order valence-corrected chi connectivity index (χ2v) is 10.7. The van der Waals surface area contributed by atoms with Crippen molar-refractivity contribution in [2.24, 2.45) is 11.8 Å². The number of imidazole rings is 1. The first-order valence-corrected chi connectivity index (χ1v) is 13.4. The summed E-state index contributed by atoms with van der Waals surface area (Å²) in [5, 5.41) is 0. The Bertz CT molecular complexity index is 966. The summed E-state index contributed by atoms with van der Waals surface area (Å²) in [6.07, 6.45) is 5.75. The van der Waals surface area contributed by atoms with Gasteiger partial charge in [-0.2, -0.15) is 0 Å². The lowest BCUT2D eigenvalue weighted by atomic mass is 10.1. The summed E-state index contributed by atoms with van der Waals surface area (Å²) >= 11 is 0. The zero-order chi connectivity index (χ0) is 25.4. The van der Waals surface area contributed by atoms with E-state index >= 15 is 0 Å². The second kappa shape index (κ2) is 13.1. The topological polar surface area (TPSA) is 67.7 Å². The summed E-state index contributed by atoms with van der Waals surface area (Å²) in [5.74, 6) is 1.55. The normalized spacial score (nSPS) is 14.7. The van der Waals surface area contributed by atoms with Crippen LogP contribution in [0, 0.1) is 11.8 Å². The number of hydrogen-bond acceptors (Lipinski definition) is 5. The first-order chi connectivity index (χ1) is 16.8. The van der Waals surface area contributed by atoms with Gasteiger partial charge in [-0.25, -0.2) is 4.98 Å². The number of aryl methyl sites for hydroxylation is 2. The number of ether oxygens (including phenoxy) is 1. The lowest BCUT2D eigenvalue weighted by Gasteiger charge is -2.27. The van der Waals surface area contributed by atoms with E-state index in [-0.39, 0.29) is 11.9 Å². The molecule has 3 rings (SSSR count). The summed E-state index contributed by atoms with van der Waals surface area (Å²) in [4.78, 5) is 34.7. The van der Waals surface area contributed by atoms with Gasteiger partial charge in [-0.3, -0.25) is 9.59 Å². The van der Waals surface area contributed by atoms with Gasteiger partial charge in [0.15, 0.2) is 0 Å². The number of amides is 1. The van der Waals surface area contributed by atoms with Crippen molar-refractivity contribution in [2.45, 2.75) is 72.8 Å².